The summed E-state index contributed by atoms with van der Waals surface area (Å²) in [6.45, 7) is 5.77. The smallest absolute Gasteiger partial charge is 0.329 e. The third kappa shape index (κ3) is 8.07. The number of carbonyl (C=O) groups excluding carboxylic acids is 3. The van der Waals surface area contributed by atoms with E-state index in [1.165, 1.54) is 11.8 Å². The van der Waals surface area contributed by atoms with E-state index in [1.807, 2.05) is 61.7 Å². The SMILES string of the molecule is CCC(=O)[C@H](Cc1ccccc1)NC(=O)[C@H](CC(C)C)[C@H](CSc1cccs1)C(=O)ON. The number of thiophene rings is 1. The molecular formula is C24H32N2O4S2. The van der Waals surface area contributed by atoms with Crippen LogP contribution >= 0.6 is 23.1 Å². The molecule has 0 saturated heterocycles. The molecule has 0 saturated carbocycles. The van der Waals surface area contributed by atoms with Gasteiger partial charge in [-0.25, -0.2) is 0 Å². The molecular weight excluding hydrogens is 444 g/mol. The predicted molar refractivity (Wildman–Crippen MR) is 129 cm³/mol. The largest absolute Gasteiger partial charge is 0.373 e. The number of hydrogen-bond donors (Lipinski definition) is 2. The summed E-state index contributed by atoms with van der Waals surface area (Å²) in [5.41, 5.74) is 0.964. The van der Waals surface area contributed by atoms with E-state index in [0.29, 0.717) is 25.0 Å². The summed E-state index contributed by atoms with van der Waals surface area (Å²) in [6.07, 6.45) is 1.20. The van der Waals surface area contributed by atoms with Crippen molar-refractivity contribution in [2.75, 3.05) is 5.75 Å². The van der Waals surface area contributed by atoms with E-state index in [1.54, 1.807) is 18.3 Å². The predicted octanol–water partition coefficient (Wildman–Crippen LogP) is 4.24. The van der Waals surface area contributed by atoms with Crippen LogP contribution in [0.15, 0.2) is 52.1 Å². The van der Waals surface area contributed by atoms with Gasteiger partial charge in [0.05, 0.1) is 22.1 Å². The van der Waals surface area contributed by atoms with Gasteiger partial charge in [0.2, 0.25) is 5.91 Å². The molecule has 3 atom stereocenters. The van der Waals surface area contributed by atoms with Crippen molar-refractivity contribution in [3.63, 3.8) is 0 Å². The van der Waals surface area contributed by atoms with Crippen molar-refractivity contribution in [3.8, 4) is 0 Å². The quantitative estimate of drug-likeness (QED) is 0.331. The van der Waals surface area contributed by atoms with Gasteiger partial charge < -0.3 is 10.2 Å². The van der Waals surface area contributed by atoms with Crippen LogP contribution in [0.4, 0.5) is 0 Å². The number of amides is 1. The molecule has 3 N–H and O–H groups in total. The van der Waals surface area contributed by atoms with Gasteiger partial charge in [-0.1, -0.05) is 57.2 Å². The van der Waals surface area contributed by atoms with Crippen molar-refractivity contribution >= 4 is 40.8 Å². The lowest BCUT2D eigenvalue weighted by Gasteiger charge is -2.27. The summed E-state index contributed by atoms with van der Waals surface area (Å²) in [6, 6.07) is 12.8. The van der Waals surface area contributed by atoms with E-state index in [9.17, 15) is 14.4 Å². The second-order valence-corrected chi connectivity index (χ2v) is 10.4. The first-order chi connectivity index (χ1) is 15.3. The number of hydrogen-bond acceptors (Lipinski definition) is 7. The van der Waals surface area contributed by atoms with E-state index in [4.69, 9.17) is 5.90 Å². The average molecular weight is 477 g/mol. The van der Waals surface area contributed by atoms with Gasteiger partial charge in [-0.3, -0.25) is 14.4 Å². The Kier molecular flexibility index (Phi) is 10.9. The Balaban J connectivity index is 2.23. The summed E-state index contributed by atoms with van der Waals surface area (Å²) >= 11 is 3.07. The molecule has 1 aromatic carbocycles. The zero-order chi connectivity index (χ0) is 23.5. The highest BCUT2D eigenvalue weighted by Crippen LogP contribution is 2.31. The molecule has 0 radical (unpaired) electrons. The van der Waals surface area contributed by atoms with Crippen LogP contribution in [-0.4, -0.2) is 29.5 Å². The highest BCUT2D eigenvalue weighted by atomic mass is 32.2. The first kappa shape index (κ1) is 26.1. The maximum atomic E-state index is 13.4. The monoisotopic (exact) mass is 476 g/mol. The molecule has 0 unspecified atom stereocenters. The minimum atomic E-state index is -0.719. The van der Waals surface area contributed by atoms with Gasteiger partial charge in [0, 0.05) is 12.2 Å². The fourth-order valence-corrected chi connectivity index (χ4v) is 5.51. The second kappa shape index (κ2) is 13.4. The van der Waals surface area contributed by atoms with E-state index >= 15 is 0 Å². The topological polar surface area (TPSA) is 98.5 Å². The van der Waals surface area contributed by atoms with Crippen LogP contribution in [0.3, 0.4) is 0 Å². The minimum absolute atomic E-state index is 0.0450. The normalized spacial score (nSPS) is 13.9. The molecule has 0 fully saturated rings. The maximum absolute atomic E-state index is 13.4. The first-order valence-corrected chi connectivity index (χ1v) is 12.7. The van der Waals surface area contributed by atoms with Crippen molar-refractivity contribution in [2.45, 2.75) is 50.3 Å². The first-order valence-electron chi connectivity index (χ1n) is 10.8. The van der Waals surface area contributed by atoms with Gasteiger partial charge in [0.15, 0.2) is 5.78 Å². The van der Waals surface area contributed by atoms with Crippen LogP contribution in [-0.2, 0) is 25.6 Å². The van der Waals surface area contributed by atoms with E-state index in [-0.39, 0.29) is 17.6 Å². The van der Waals surface area contributed by atoms with Gasteiger partial charge in [0.25, 0.3) is 0 Å². The number of carbonyl (C=O) groups is 3. The van der Waals surface area contributed by atoms with E-state index < -0.39 is 23.8 Å². The van der Waals surface area contributed by atoms with E-state index in [2.05, 4.69) is 10.2 Å². The number of rotatable bonds is 13. The molecule has 0 spiro atoms. The Labute approximate surface area is 198 Å². The van der Waals surface area contributed by atoms with Gasteiger partial charge in [-0.15, -0.1) is 23.1 Å². The van der Waals surface area contributed by atoms with Gasteiger partial charge in [-0.05, 0) is 35.8 Å². The zero-order valence-corrected chi connectivity index (χ0v) is 20.4. The van der Waals surface area contributed by atoms with Crippen LogP contribution in [0.5, 0.6) is 0 Å². The summed E-state index contributed by atoms with van der Waals surface area (Å²) in [5, 5.41) is 4.89. The fourth-order valence-electron chi connectivity index (χ4n) is 3.54. The molecule has 2 rings (SSSR count). The van der Waals surface area contributed by atoms with Crippen molar-refractivity contribution in [1.29, 1.82) is 0 Å². The molecule has 0 aliphatic rings. The highest BCUT2D eigenvalue weighted by molar-refractivity contribution is 8.01. The average Bonchev–Trinajstić information content (AvgIpc) is 3.31. The van der Waals surface area contributed by atoms with Gasteiger partial charge in [-0.2, -0.15) is 5.90 Å². The number of nitrogens with one attached hydrogen (secondary N) is 1. The maximum Gasteiger partial charge on any atom is 0.329 e. The second-order valence-electron chi connectivity index (χ2n) is 8.09. The standard InChI is InChI=1S/C24H32N2O4S2/c1-4-21(27)20(14-17-9-6-5-7-10-17)26-23(28)18(13-16(2)3)19(24(29)30-25)15-32-22-11-8-12-31-22/h5-12,16,18-20H,4,13-15,25H2,1-3H3,(H,26,28)/t18-,19+,20+/m1/s1. The molecule has 32 heavy (non-hydrogen) atoms. The molecule has 8 heteroatoms. The molecule has 2 aromatic rings. The lowest BCUT2D eigenvalue weighted by atomic mass is 9.85. The Morgan fingerprint density at radius 2 is 1.81 bits per heavy atom. The van der Waals surface area contributed by atoms with Crippen LogP contribution < -0.4 is 11.2 Å². The molecule has 0 aliphatic carbocycles. The Hall–Kier alpha value is -2.16. The number of benzene rings is 1. The Morgan fingerprint density at radius 3 is 2.38 bits per heavy atom. The molecule has 0 aliphatic heterocycles. The Morgan fingerprint density at radius 1 is 1.09 bits per heavy atom. The molecule has 1 aromatic heterocycles. The van der Waals surface area contributed by atoms with Gasteiger partial charge in [0.1, 0.15) is 0 Å². The van der Waals surface area contributed by atoms with Crippen LogP contribution in [0.2, 0.25) is 0 Å². The summed E-state index contributed by atoms with van der Waals surface area (Å²) < 4.78 is 1.05. The molecule has 1 amide bonds. The molecule has 174 valence electrons. The highest BCUT2D eigenvalue weighted by Gasteiger charge is 2.37. The van der Waals surface area contributed by atoms with Crippen molar-refractivity contribution < 1.29 is 19.2 Å². The molecule has 1 heterocycles. The third-order valence-corrected chi connectivity index (χ3v) is 7.45. The number of nitrogens with two attached hydrogens (primary N) is 1. The number of thioether (sulfide) groups is 1. The van der Waals surface area contributed by atoms with Crippen LogP contribution in [0, 0.1) is 17.8 Å². The number of ketones is 1. The lowest BCUT2D eigenvalue weighted by molar-refractivity contribution is -0.153. The third-order valence-electron chi connectivity index (χ3n) is 5.20. The number of Topliss-reactive ketones (excluding diaryl/α,β-unsaturated/α-hetero) is 1. The summed E-state index contributed by atoms with van der Waals surface area (Å²) in [5.74, 6) is 3.41. The van der Waals surface area contributed by atoms with Crippen LogP contribution in [0.25, 0.3) is 0 Å². The summed E-state index contributed by atoms with van der Waals surface area (Å²) in [4.78, 5) is 43.1. The van der Waals surface area contributed by atoms with Crippen molar-refractivity contribution in [3.05, 3.63) is 53.4 Å². The zero-order valence-electron chi connectivity index (χ0n) is 18.8. The van der Waals surface area contributed by atoms with Crippen LogP contribution in [0.1, 0.15) is 39.2 Å². The van der Waals surface area contributed by atoms with Crippen molar-refractivity contribution in [1.82, 2.24) is 5.32 Å². The summed E-state index contributed by atoms with van der Waals surface area (Å²) in [7, 11) is 0. The fraction of sp³-hybridized carbons (Fsp3) is 0.458. The van der Waals surface area contributed by atoms with E-state index in [0.717, 1.165) is 9.77 Å². The minimum Gasteiger partial charge on any atom is -0.373 e. The molecule has 0 bridgehead atoms. The lowest BCUT2D eigenvalue weighted by Crippen LogP contribution is -2.48. The Bertz CT molecular complexity index is 856. The van der Waals surface area contributed by atoms with Crippen molar-refractivity contribution in [2.24, 2.45) is 23.7 Å². The molecule has 6 nitrogen and oxygen atoms in total. The van der Waals surface area contributed by atoms with Gasteiger partial charge >= 0.3 is 5.97 Å².